The Kier molecular flexibility index (Phi) is 4.95. The van der Waals surface area contributed by atoms with Gasteiger partial charge in [0.15, 0.2) is 0 Å². The van der Waals surface area contributed by atoms with Crippen LogP contribution in [0, 0.1) is 0 Å². The maximum absolute atomic E-state index is 12.2. The molecule has 1 aromatic carbocycles. The Morgan fingerprint density at radius 3 is 2.71 bits per heavy atom. The van der Waals surface area contributed by atoms with Crippen LogP contribution in [0.1, 0.15) is 57.2 Å². The zero-order valence-corrected chi connectivity index (χ0v) is 15.0. The highest BCUT2D eigenvalue weighted by Gasteiger charge is 2.25. The van der Waals surface area contributed by atoms with Crippen LogP contribution in [0.5, 0.6) is 0 Å². The van der Waals surface area contributed by atoms with Gasteiger partial charge in [-0.2, -0.15) is 0 Å². The van der Waals surface area contributed by atoms with E-state index in [1.54, 1.807) is 4.90 Å². The average molecular weight is 328 g/mol. The molecule has 2 heterocycles. The van der Waals surface area contributed by atoms with E-state index >= 15 is 0 Å². The Bertz CT molecular complexity index is 625. The SMILES string of the molecule is CC(C)(C)OC(=O)N1CC=C(c2ccccc2C2CCCN2)CC1. The van der Waals surface area contributed by atoms with E-state index in [-0.39, 0.29) is 6.09 Å². The van der Waals surface area contributed by atoms with Gasteiger partial charge >= 0.3 is 6.09 Å². The molecule has 0 radical (unpaired) electrons. The van der Waals surface area contributed by atoms with E-state index in [0.29, 0.717) is 19.1 Å². The van der Waals surface area contributed by atoms with Crippen molar-refractivity contribution in [2.24, 2.45) is 0 Å². The predicted molar refractivity (Wildman–Crippen MR) is 96.8 cm³/mol. The highest BCUT2D eigenvalue weighted by atomic mass is 16.6. The van der Waals surface area contributed by atoms with Gasteiger partial charge in [-0.05, 0) is 63.3 Å². The lowest BCUT2D eigenvalue weighted by atomic mass is 9.91. The van der Waals surface area contributed by atoms with Gasteiger partial charge in [-0.3, -0.25) is 0 Å². The van der Waals surface area contributed by atoms with Crippen LogP contribution >= 0.6 is 0 Å². The van der Waals surface area contributed by atoms with Crippen LogP contribution in [-0.2, 0) is 4.74 Å². The third-order valence-electron chi connectivity index (χ3n) is 4.60. The van der Waals surface area contributed by atoms with Crippen LogP contribution in [0.25, 0.3) is 5.57 Å². The van der Waals surface area contributed by atoms with Crippen molar-refractivity contribution in [2.75, 3.05) is 19.6 Å². The monoisotopic (exact) mass is 328 g/mol. The van der Waals surface area contributed by atoms with E-state index in [0.717, 1.165) is 13.0 Å². The number of nitrogens with zero attached hydrogens (tertiary/aromatic N) is 1. The molecule has 3 rings (SSSR count). The first-order chi connectivity index (χ1) is 11.4. The Labute approximate surface area is 144 Å². The maximum Gasteiger partial charge on any atom is 0.410 e. The van der Waals surface area contributed by atoms with E-state index in [2.05, 4.69) is 35.7 Å². The van der Waals surface area contributed by atoms with Crippen LogP contribution in [-0.4, -0.2) is 36.2 Å². The van der Waals surface area contributed by atoms with Crippen molar-refractivity contribution in [1.29, 1.82) is 0 Å². The first kappa shape index (κ1) is 17.0. The number of hydrogen-bond donors (Lipinski definition) is 1. The van der Waals surface area contributed by atoms with Crippen molar-refractivity contribution in [1.82, 2.24) is 10.2 Å². The standard InChI is InChI=1S/C20H28N2O2/c1-20(2,3)24-19(23)22-13-10-15(11-14-22)16-7-4-5-8-17(16)18-9-6-12-21-18/h4-5,7-8,10,18,21H,6,9,11-14H2,1-3H3. The number of carbonyl (C=O) groups is 1. The van der Waals surface area contributed by atoms with Crippen LogP contribution in [0.4, 0.5) is 4.79 Å². The zero-order chi connectivity index (χ0) is 17.2. The molecule has 0 aromatic heterocycles. The Hall–Kier alpha value is -1.81. The molecule has 2 aliphatic rings. The van der Waals surface area contributed by atoms with Gasteiger partial charge in [-0.15, -0.1) is 0 Å². The number of nitrogens with one attached hydrogen (secondary N) is 1. The summed E-state index contributed by atoms with van der Waals surface area (Å²) in [5.41, 5.74) is 3.63. The van der Waals surface area contributed by atoms with E-state index < -0.39 is 5.60 Å². The van der Waals surface area contributed by atoms with Gasteiger partial charge in [0.05, 0.1) is 0 Å². The zero-order valence-electron chi connectivity index (χ0n) is 15.0. The first-order valence-corrected chi connectivity index (χ1v) is 8.94. The summed E-state index contributed by atoms with van der Waals surface area (Å²) in [6, 6.07) is 9.14. The molecule has 2 aliphatic heterocycles. The summed E-state index contributed by atoms with van der Waals surface area (Å²) in [5.74, 6) is 0. The number of carbonyl (C=O) groups excluding carboxylic acids is 1. The molecule has 1 N–H and O–H groups in total. The Morgan fingerprint density at radius 2 is 2.08 bits per heavy atom. The van der Waals surface area contributed by atoms with Crippen molar-refractivity contribution < 1.29 is 9.53 Å². The lowest BCUT2D eigenvalue weighted by Crippen LogP contribution is -2.39. The second kappa shape index (κ2) is 6.98. The molecule has 1 saturated heterocycles. The van der Waals surface area contributed by atoms with Gasteiger partial charge in [0.2, 0.25) is 0 Å². The van der Waals surface area contributed by atoms with Crippen LogP contribution in [0.2, 0.25) is 0 Å². The van der Waals surface area contributed by atoms with Gasteiger partial charge in [0, 0.05) is 19.1 Å². The van der Waals surface area contributed by atoms with Gasteiger partial charge in [-0.1, -0.05) is 30.3 Å². The quantitative estimate of drug-likeness (QED) is 0.887. The minimum Gasteiger partial charge on any atom is -0.444 e. The first-order valence-electron chi connectivity index (χ1n) is 8.94. The maximum atomic E-state index is 12.2. The number of rotatable bonds is 2. The summed E-state index contributed by atoms with van der Waals surface area (Å²) >= 11 is 0. The minimum atomic E-state index is -0.443. The molecule has 1 aromatic rings. The highest BCUT2D eigenvalue weighted by molar-refractivity contribution is 5.74. The minimum absolute atomic E-state index is 0.219. The molecule has 1 amide bonds. The smallest absolute Gasteiger partial charge is 0.410 e. The summed E-state index contributed by atoms with van der Waals surface area (Å²) in [6.45, 7) is 8.15. The Balaban J connectivity index is 1.73. The number of ether oxygens (including phenoxy) is 1. The number of benzene rings is 1. The highest BCUT2D eigenvalue weighted by Crippen LogP contribution is 2.32. The molecule has 1 unspecified atom stereocenters. The van der Waals surface area contributed by atoms with Gasteiger partial charge < -0.3 is 15.0 Å². The molecule has 130 valence electrons. The van der Waals surface area contributed by atoms with Crippen molar-refractivity contribution in [3.8, 4) is 0 Å². The summed E-state index contributed by atoms with van der Waals surface area (Å²) < 4.78 is 5.47. The summed E-state index contributed by atoms with van der Waals surface area (Å²) in [5, 5.41) is 3.59. The van der Waals surface area contributed by atoms with E-state index in [4.69, 9.17) is 4.74 Å². The number of amides is 1. The van der Waals surface area contributed by atoms with Gasteiger partial charge in [0.25, 0.3) is 0 Å². The fourth-order valence-electron chi connectivity index (χ4n) is 3.45. The molecular weight excluding hydrogens is 300 g/mol. The van der Waals surface area contributed by atoms with Crippen LogP contribution in [0.3, 0.4) is 0 Å². The predicted octanol–water partition coefficient (Wildman–Crippen LogP) is 4.14. The third-order valence-corrected chi connectivity index (χ3v) is 4.60. The van der Waals surface area contributed by atoms with Crippen LogP contribution in [0.15, 0.2) is 30.3 Å². The van der Waals surface area contributed by atoms with Gasteiger partial charge in [-0.25, -0.2) is 4.79 Å². The van der Waals surface area contributed by atoms with Crippen molar-refractivity contribution in [2.45, 2.75) is 51.7 Å². The third kappa shape index (κ3) is 3.99. The summed E-state index contributed by atoms with van der Waals surface area (Å²) in [7, 11) is 0. The molecule has 24 heavy (non-hydrogen) atoms. The molecule has 1 atom stereocenters. The normalized spacial score (nSPS) is 21.5. The largest absolute Gasteiger partial charge is 0.444 e. The molecular formula is C20H28N2O2. The Morgan fingerprint density at radius 1 is 1.29 bits per heavy atom. The van der Waals surface area contributed by atoms with E-state index in [1.165, 1.54) is 29.5 Å². The van der Waals surface area contributed by atoms with Crippen LogP contribution < -0.4 is 5.32 Å². The fraction of sp³-hybridized carbons (Fsp3) is 0.550. The topological polar surface area (TPSA) is 41.6 Å². The molecule has 4 nitrogen and oxygen atoms in total. The van der Waals surface area contributed by atoms with E-state index in [1.807, 2.05) is 20.8 Å². The van der Waals surface area contributed by atoms with E-state index in [9.17, 15) is 4.79 Å². The lowest BCUT2D eigenvalue weighted by Gasteiger charge is -2.30. The van der Waals surface area contributed by atoms with Crippen molar-refractivity contribution >= 4 is 11.7 Å². The molecule has 0 saturated carbocycles. The average Bonchev–Trinajstić information content (AvgIpc) is 3.08. The summed E-state index contributed by atoms with van der Waals surface area (Å²) in [4.78, 5) is 14.0. The molecule has 0 aliphatic carbocycles. The second-order valence-corrected chi connectivity index (χ2v) is 7.64. The number of hydrogen-bond acceptors (Lipinski definition) is 3. The molecule has 0 bridgehead atoms. The van der Waals surface area contributed by atoms with Crippen molar-refractivity contribution in [3.05, 3.63) is 41.5 Å². The molecule has 0 spiro atoms. The summed E-state index contributed by atoms with van der Waals surface area (Å²) in [6.07, 6.45) is 5.28. The fourth-order valence-corrected chi connectivity index (χ4v) is 3.45. The van der Waals surface area contributed by atoms with Gasteiger partial charge in [0.1, 0.15) is 5.60 Å². The second-order valence-electron chi connectivity index (χ2n) is 7.64. The van der Waals surface area contributed by atoms with Crippen molar-refractivity contribution in [3.63, 3.8) is 0 Å². The molecule has 4 heteroatoms. The molecule has 1 fully saturated rings. The lowest BCUT2D eigenvalue weighted by molar-refractivity contribution is 0.0270.